The molecule has 1 N–H and O–H groups in total. The van der Waals surface area contributed by atoms with Gasteiger partial charge in [0.25, 0.3) is 0 Å². The minimum atomic E-state index is -0.0753. The van der Waals surface area contributed by atoms with Crippen LogP contribution in [0, 0.1) is 19.7 Å². The summed E-state index contributed by atoms with van der Waals surface area (Å²) < 4.78 is 13.5. The quantitative estimate of drug-likeness (QED) is 0.723. The summed E-state index contributed by atoms with van der Waals surface area (Å²) in [6.45, 7) is 4.87. The Bertz CT molecular complexity index is 340. The summed E-state index contributed by atoms with van der Waals surface area (Å²) in [5.74, 6) is -0.0753. The molecule has 0 amide bonds. The summed E-state index contributed by atoms with van der Waals surface area (Å²) in [5.41, 5.74) is 2.95. The molecule has 2 heteroatoms. The van der Waals surface area contributed by atoms with Crippen molar-refractivity contribution in [2.45, 2.75) is 32.7 Å². The Balaban J connectivity index is 2.40. The summed E-state index contributed by atoms with van der Waals surface area (Å²) in [7, 11) is 0. The van der Waals surface area contributed by atoms with Gasteiger partial charge in [-0.3, -0.25) is 0 Å². The zero-order chi connectivity index (χ0) is 10.1. The molecule has 2 rings (SSSR count). The van der Waals surface area contributed by atoms with Gasteiger partial charge >= 0.3 is 0 Å². The van der Waals surface area contributed by atoms with Crippen molar-refractivity contribution in [3.63, 3.8) is 0 Å². The molecule has 0 aliphatic carbocycles. The molecule has 1 unspecified atom stereocenters. The Morgan fingerprint density at radius 1 is 1.36 bits per heavy atom. The number of hydrogen-bond donors (Lipinski definition) is 1. The second kappa shape index (κ2) is 3.70. The SMILES string of the molecule is Cc1cc(F)c(C)c(C2CCCN2)c1. The number of nitrogens with one attached hydrogen (secondary N) is 1. The summed E-state index contributed by atoms with van der Waals surface area (Å²) >= 11 is 0. The lowest BCUT2D eigenvalue weighted by Crippen LogP contribution is -2.14. The molecule has 0 radical (unpaired) electrons. The van der Waals surface area contributed by atoms with Crippen molar-refractivity contribution in [1.82, 2.24) is 5.32 Å². The second-order valence-electron chi connectivity index (χ2n) is 4.11. The number of halogens is 1. The molecule has 0 spiro atoms. The average molecular weight is 193 g/mol. The van der Waals surface area contributed by atoms with Gasteiger partial charge in [0, 0.05) is 6.04 Å². The van der Waals surface area contributed by atoms with Crippen LogP contribution in [-0.4, -0.2) is 6.54 Å². The lowest BCUT2D eigenvalue weighted by Gasteiger charge is -2.15. The predicted molar refractivity (Wildman–Crippen MR) is 55.9 cm³/mol. The Morgan fingerprint density at radius 2 is 2.14 bits per heavy atom. The molecular formula is C12H16FN. The summed E-state index contributed by atoms with van der Waals surface area (Å²) in [6, 6.07) is 4.07. The van der Waals surface area contributed by atoms with Crippen LogP contribution in [0.1, 0.15) is 35.6 Å². The zero-order valence-corrected chi connectivity index (χ0v) is 8.73. The van der Waals surface area contributed by atoms with Gasteiger partial charge < -0.3 is 5.32 Å². The van der Waals surface area contributed by atoms with Crippen molar-refractivity contribution in [3.8, 4) is 0 Å². The van der Waals surface area contributed by atoms with E-state index in [4.69, 9.17) is 0 Å². The number of aryl methyl sites for hydroxylation is 1. The van der Waals surface area contributed by atoms with Crippen molar-refractivity contribution < 1.29 is 4.39 Å². The maximum atomic E-state index is 13.5. The van der Waals surface area contributed by atoms with Crippen molar-refractivity contribution >= 4 is 0 Å². The van der Waals surface area contributed by atoms with Crippen LogP contribution in [0.2, 0.25) is 0 Å². The van der Waals surface area contributed by atoms with E-state index in [0.29, 0.717) is 6.04 Å². The first kappa shape index (κ1) is 9.66. The molecule has 1 heterocycles. The topological polar surface area (TPSA) is 12.0 Å². The van der Waals surface area contributed by atoms with E-state index in [1.165, 1.54) is 6.42 Å². The number of hydrogen-bond acceptors (Lipinski definition) is 1. The highest BCUT2D eigenvalue weighted by Gasteiger charge is 2.19. The van der Waals surface area contributed by atoms with Gasteiger partial charge in [-0.25, -0.2) is 4.39 Å². The van der Waals surface area contributed by atoms with Gasteiger partial charge in [0.1, 0.15) is 5.82 Å². The fraction of sp³-hybridized carbons (Fsp3) is 0.500. The molecule has 0 aromatic heterocycles. The Morgan fingerprint density at radius 3 is 2.79 bits per heavy atom. The van der Waals surface area contributed by atoms with E-state index in [1.54, 1.807) is 6.07 Å². The van der Waals surface area contributed by atoms with E-state index < -0.39 is 0 Å². The molecule has 14 heavy (non-hydrogen) atoms. The van der Waals surface area contributed by atoms with E-state index in [-0.39, 0.29) is 5.82 Å². The highest BCUT2D eigenvalue weighted by molar-refractivity contribution is 5.34. The van der Waals surface area contributed by atoms with Crippen LogP contribution < -0.4 is 5.32 Å². The first-order chi connectivity index (χ1) is 6.68. The minimum Gasteiger partial charge on any atom is -0.310 e. The van der Waals surface area contributed by atoms with E-state index >= 15 is 0 Å². The maximum Gasteiger partial charge on any atom is 0.126 e. The Kier molecular flexibility index (Phi) is 2.55. The molecule has 1 fully saturated rings. The molecule has 0 saturated carbocycles. The molecule has 76 valence electrons. The first-order valence-corrected chi connectivity index (χ1v) is 5.18. The molecule has 1 nitrogen and oxygen atoms in total. The van der Waals surface area contributed by atoms with Crippen molar-refractivity contribution in [2.75, 3.05) is 6.54 Å². The van der Waals surface area contributed by atoms with Crippen molar-refractivity contribution in [2.24, 2.45) is 0 Å². The second-order valence-corrected chi connectivity index (χ2v) is 4.11. The van der Waals surface area contributed by atoms with Crippen LogP contribution in [0.5, 0.6) is 0 Å². The third kappa shape index (κ3) is 1.67. The largest absolute Gasteiger partial charge is 0.310 e. The normalized spacial score (nSPS) is 21.5. The van der Waals surface area contributed by atoms with E-state index in [9.17, 15) is 4.39 Å². The van der Waals surface area contributed by atoms with Crippen LogP contribution in [-0.2, 0) is 0 Å². The highest BCUT2D eigenvalue weighted by atomic mass is 19.1. The number of benzene rings is 1. The van der Waals surface area contributed by atoms with Gasteiger partial charge in [-0.1, -0.05) is 6.07 Å². The molecule has 1 atom stereocenters. The van der Waals surface area contributed by atoms with E-state index in [0.717, 1.165) is 29.7 Å². The molecular weight excluding hydrogens is 177 g/mol. The van der Waals surface area contributed by atoms with E-state index in [2.05, 4.69) is 11.4 Å². The Labute approximate surface area is 84.3 Å². The molecule has 1 aromatic rings. The molecule has 1 aliphatic rings. The molecule has 1 aliphatic heterocycles. The lowest BCUT2D eigenvalue weighted by atomic mass is 9.97. The van der Waals surface area contributed by atoms with Gasteiger partial charge in [-0.2, -0.15) is 0 Å². The van der Waals surface area contributed by atoms with Crippen LogP contribution in [0.4, 0.5) is 4.39 Å². The predicted octanol–water partition coefficient (Wildman–Crippen LogP) is 2.87. The molecule has 1 aromatic carbocycles. The average Bonchev–Trinajstić information content (AvgIpc) is 2.63. The zero-order valence-electron chi connectivity index (χ0n) is 8.73. The lowest BCUT2D eigenvalue weighted by molar-refractivity contribution is 0.593. The Hall–Kier alpha value is -0.890. The molecule has 0 bridgehead atoms. The summed E-state index contributed by atoms with van der Waals surface area (Å²) in [4.78, 5) is 0. The van der Waals surface area contributed by atoms with Gasteiger partial charge in [-0.15, -0.1) is 0 Å². The van der Waals surface area contributed by atoms with Gasteiger partial charge in [0.2, 0.25) is 0 Å². The fourth-order valence-electron chi connectivity index (χ4n) is 2.15. The summed E-state index contributed by atoms with van der Waals surface area (Å²) in [5, 5.41) is 3.40. The van der Waals surface area contributed by atoms with Crippen LogP contribution >= 0.6 is 0 Å². The van der Waals surface area contributed by atoms with Crippen LogP contribution in [0.3, 0.4) is 0 Å². The van der Waals surface area contributed by atoms with Gasteiger partial charge in [0.15, 0.2) is 0 Å². The standard InChI is InChI=1S/C12H16FN/c1-8-6-10(9(2)11(13)7-8)12-4-3-5-14-12/h6-7,12,14H,3-5H2,1-2H3. The first-order valence-electron chi connectivity index (χ1n) is 5.18. The molecule has 1 saturated heterocycles. The van der Waals surface area contributed by atoms with E-state index in [1.807, 2.05) is 13.8 Å². The monoisotopic (exact) mass is 193 g/mol. The minimum absolute atomic E-state index is 0.0753. The van der Waals surface area contributed by atoms with Crippen LogP contribution in [0.25, 0.3) is 0 Å². The fourth-order valence-corrected chi connectivity index (χ4v) is 2.15. The van der Waals surface area contributed by atoms with Gasteiger partial charge in [-0.05, 0) is 56.0 Å². The maximum absolute atomic E-state index is 13.5. The number of rotatable bonds is 1. The summed E-state index contributed by atoms with van der Waals surface area (Å²) in [6.07, 6.45) is 2.32. The highest BCUT2D eigenvalue weighted by Crippen LogP contribution is 2.27. The van der Waals surface area contributed by atoms with Gasteiger partial charge in [0.05, 0.1) is 0 Å². The van der Waals surface area contributed by atoms with Crippen molar-refractivity contribution in [1.29, 1.82) is 0 Å². The van der Waals surface area contributed by atoms with Crippen molar-refractivity contribution in [3.05, 3.63) is 34.6 Å². The smallest absolute Gasteiger partial charge is 0.126 e. The third-order valence-electron chi connectivity index (χ3n) is 2.96. The van der Waals surface area contributed by atoms with Crippen LogP contribution in [0.15, 0.2) is 12.1 Å². The third-order valence-corrected chi connectivity index (χ3v) is 2.96.